The molecule has 1 amide bonds. The van der Waals surface area contributed by atoms with E-state index in [1.165, 1.54) is 30.6 Å². The molecule has 1 saturated heterocycles. The van der Waals surface area contributed by atoms with Crippen molar-refractivity contribution >= 4 is 35.0 Å². The molecule has 4 aliphatic rings. The molecule has 0 unspecified atom stereocenters. The fourth-order valence-electron chi connectivity index (χ4n) is 5.88. The number of hydrogen-bond acceptors (Lipinski definition) is 7. The van der Waals surface area contributed by atoms with Gasteiger partial charge in [-0.05, 0) is 69.2 Å². The number of fused-ring (bicyclic) bond motifs is 2. The van der Waals surface area contributed by atoms with Crippen molar-refractivity contribution in [1.82, 2.24) is 15.2 Å². The lowest BCUT2D eigenvalue weighted by Crippen LogP contribution is -2.54. The van der Waals surface area contributed by atoms with E-state index < -0.39 is 0 Å². The normalized spacial score (nSPS) is 28.8. The zero-order valence-corrected chi connectivity index (χ0v) is 21.4. The molecule has 5 rings (SSSR count). The minimum Gasteiger partial charge on any atom is -0.458 e. The van der Waals surface area contributed by atoms with E-state index in [-0.39, 0.29) is 18.0 Å². The zero-order valence-electron chi connectivity index (χ0n) is 19.8. The van der Waals surface area contributed by atoms with E-state index in [9.17, 15) is 9.59 Å². The van der Waals surface area contributed by atoms with E-state index in [0.29, 0.717) is 23.6 Å². The lowest BCUT2D eigenvalue weighted by atomic mass is 9.45. The Morgan fingerprint density at radius 2 is 2.16 bits per heavy atom. The molecule has 2 heterocycles. The van der Waals surface area contributed by atoms with Gasteiger partial charge in [-0.1, -0.05) is 25.6 Å². The highest BCUT2D eigenvalue weighted by atomic mass is 32.2. The summed E-state index contributed by atoms with van der Waals surface area (Å²) in [5, 5.41) is 5.47. The molecule has 1 aromatic heterocycles. The van der Waals surface area contributed by atoms with Crippen molar-refractivity contribution < 1.29 is 14.3 Å². The molecule has 3 saturated carbocycles. The number of thioether (sulfide) groups is 1. The number of amides is 1. The molecule has 4 fully saturated rings. The number of nitrogens with one attached hydrogen (secondary N) is 1. The number of thiazole rings is 1. The van der Waals surface area contributed by atoms with Crippen LogP contribution >= 0.6 is 23.1 Å². The summed E-state index contributed by atoms with van der Waals surface area (Å²) in [6.45, 7) is 11.3. The van der Waals surface area contributed by atoms with Crippen molar-refractivity contribution in [2.24, 2.45) is 23.2 Å². The molecule has 2 bridgehead atoms. The highest BCUT2D eigenvalue weighted by molar-refractivity contribution is 8.01. The van der Waals surface area contributed by atoms with Crippen LogP contribution in [0.15, 0.2) is 9.72 Å². The maximum absolute atomic E-state index is 12.4. The smallest absolute Gasteiger partial charge is 0.358 e. The van der Waals surface area contributed by atoms with Crippen LogP contribution in [-0.2, 0) is 9.53 Å². The predicted octanol–water partition coefficient (Wildman–Crippen LogP) is 4.45. The molecule has 1 aromatic rings. The van der Waals surface area contributed by atoms with Crippen molar-refractivity contribution in [1.29, 1.82) is 0 Å². The van der Waals surface area contributed by atoms with E-state index in [1.807, 2.05) is 18.7 Å². The van der Waals surface area contributed by atoms with Crippen LogP contribution in [-0.4, -0.2) is 59.3 Å². The highest BCUT2D eigenvalue weighted by Gasteiger charge is 2.53. The van der Waals surface area contributed by atoms with Gasteiger partial charge in [0.25, 0.3) is 0 Å². The molecule has 4 atom stereocenters. The molecule has 8 heteroatoms. The Morgan fingerprint density at radius 3 is 2.88 bits per heavy atom. The number of carbonyl (C=O) groups excluding carboxylic acids is 2. The Hall–Kier alpha value is -1.12. The highest BCUT2D eigenvalue weighted by Crippen LogP contribution is 2.61. The minimum atomic E-state index is -0.372. The van der Waals surface area contributed by atoms with Crippen LogP contribution in [0, 0.1) is 23.2 Å². The second-order valence-corrected chi connectivity index (χ2v) is 12.6. The van der Waals surface area contributed by atoms with Gasteiger partial charge in [0.1, 0.15) is 0 Å². The average molecular weight is 480 g/mol. The monoisotopic (exact) mass is 479 g/mol. The van der Waals surface area contributed by atoms with Crippen LogP contribution in [0.25, 0.3) is 0 Å². The minimum absolute atomic E-state index is 0.151. The summed E-state index contributed by atoms with van der Waals surface area (Å²) in [6.07, 6.45) is 5.60. The first kappa shape index (κ1) is 24.0. The number of esters is 1. The van der Waals surface area contributed by atoms with E-state index in [4.69, 9.17) is 4.74 Å². The first-order valence-corrected chi connectivity index (χ1v) is 13.9. The van der Waals surface area contributed by atoms with E-state index in [2.05, 4.69) is 24.1 Å². The van der Waals surface area contributed by atoms with Crippen molar-refractivity contribution in [3.8, 4) is 0 Å². The molecular weight excluding hydrogens is 442 g/mol. The SMILES string of the molecule is CC(C)OC(=O)c1csc(SCCN2C(=O)CC[C@@H]2CNC[C@@H]2CC[C@H]3C[C@@H]2C3(C)C)n1. The fourth-order valence-corrected chi connectivity index (χ4v) is 7.68. The summed E-state index contributed by atoms with van der Waals surface area (Å²) in [7, 11) is 0. The van der Waals surface area contributed by atoms with Gasteiger partial charge in [-0.25, -0.2) is 9.78 Å². The van der Waals surface area contributed by atoms with Gasteiger partial charge in [-0.2, -0.15) is 0 Å². The number of hydrogen-bond donors (Lipinski definition) is 1. The second kappa shape index (κ2) is 10.0. The number of ether oxygens (including phenoxy) is 1. The van der Waals surface area contributed by atoms with Crippen LogP contribution in [0.3, 0.4) is 0 Å². The Balaban J connectivity index is 1.20. The third kappa shape index (κ3) is 5.17. The molecule has 3 aliphatic carbocycles. The van der Waals surface area contributed by atoms with Gasteiger partial charge in [0.2, 0.25) is 5.91 Å². The lowest BCUT2D eigenvalue weighted by Gasteiger charge is -2.60. The van der Waals surface area contributed by atoms with E-state index in [1.54, 1.807) is 17.1 Å². The van der Waals surface area contributed by atoms with Gasteiger partial charge in [-0.15, -0.1) is 11.3 Å². The van der Waals surface area contributed by atoms with Crippen LogP contribution in [0.1, 0.15) is 70.3 Å². The molecule has 1 N–H and O–H groups in total. The van der Waals surface area contributed by atoms with E-state index in [0.717, 1.165) is 53.9 Å². The molecule has 178 valence electrons. The van der Waals surface area contributed by atoms with Crippen molar-refractivity contribution in [2.75, 3.05) is 25.4 Å². The Morgan fingerprint density at radius 1 is 1.34 bits per heavy atom. The number of nitrogens with zero attached hydrogens (tertiary/aromatic N) is 2. The van der Waals surface area contributed by atoms with Crippen molar-refractivity contribution in [3.63, 3.8) is 0 Å². The molecule has 32 heavy (non-hydrogen) atoms. The van der Waals surface area contributed by atoms with Gasteiger partial charge in [0, 0.05) is 36.7 Å². The standard InChI is InChI=1S/C24H37N3O3S2/c1-15(2)30-22(29)20-14-32-23(26-20)31-10-9-27-18(7-8-21(27)28)13-25-12-16-5-6-17-11-19(16)24(17,3)4/h14-19,25H,5-13H2,1-4H3/t16-,17-,18+,19-/m0/s1. The largest absolute Gasteiger partial charge is 0.458 e. The summed E-state index contributed by atoms with van der Waals surface area (Å²) >= 11 is 3.06. The van der Waals surface area contributed by atoms with Crippen molar-refractivity contribution in [2.45, 2.75) is 76.3 Å². The number of carbonyl (C=O) groups is 2. The summed E-state index contributed by atoms with van der Waals surface area (Å²) < 4.78 is 6.05. The lowest BCUT2D eigenvalue weighted by molar-refractivity contribution is -0.128. The van der Waals surface area contributed by atoms with Crippen LogP contribution in [0.4, 0.5) is 0 Å². The fraction of sp³-hybridized carbons (Fsp3) is 0.792. The van der Waals surface area contributed by atoms with Gasteiger partial charge < -0.3 is 15.0 Å². The molecule has 6 nitrogen and oxygen atoms in total. The van der Waals surface area contributed by atoms with Gasteiger partial charge >= 0.3 is 5.97 Å². The van der Waals surface area contributed by atoms with E-state index >= 15 is 0 Å². The van der Waals surface area contributed by atoms with Gasteiger partial charge in [0.05, 0.1) is 6.10 Å². The molecular formula is C24H37N3O3S2. The quantitative estimate of drug-likeness (QED) is 0.395. The van der Waals surface area contributed by atoms with Gasteiger partial charge in [0.15, 0.2) is 10.0 Å². The van der Waals surface area contributed by atoms with Crippen LogP contribution in [0.2, 0.25) is 0 Å². The number of likely N-dealkylation sites (tertiary alicyclic amines) is 1. The molecule has 0 spiro atoms. The van der Waals surface area contributed by atoms with Crippen LogP contribution in [0.5, 0.6) is 0 Å². The Kier molecular flexibility index (Phi) is 7.52. The van der Waals surface area contributed by atoms with Gasteiger partial charge in [-0.3, -0.25) is 4.79 Å². The van der Waals surface area contributed by atoms with Crippen molar-refractivity contribution in [3.05, 3.63) is 11.1 Å². The maximum Gasteiger partial charge on any atom is 0.358 e. The molecule has 0 radical (unpaired) electrons. The Labute approximate surface area is 200 Å². The topological polar surface area (TPSA) is 71.5 Å². The molecule has 0 aromatic carbocycles. The third-order valence-electron chi connectivity index (χ3n) is 7.83. The second-order valence-electron chi connectivity index (χ2n) is 10.4. The summed E-state index contributed by atoms with van der Waals surface area (Å²) in [6, 6.07) is 0.293. The predicted molar refractivity (Wildman–Crippen MR) is 129 cm³/mol. The van der Waals surface area contributed by atoms with Crippen LogP contribution < -0.4 is 5.32 Å². The Bertz CT molecular complexity index is 823. The molecule has 1 aliphatic heterocycles. The first-order valence-electron chi connectivity index (χ1n) is 12.0. The summed E-state index contributed by atoms with van der Waals surface area (Å²) in [5.74, 6) is 3.28. The number of rotatable bonds is 10. The average Bonchev–Trinajstić information content (AvgIpc) is 3.35. The first-order chi connectivity index (χ1) is 15.3. The third-order valence-corrected chi connectivity index (χ3v) is 9.83. The zero-order chi connectivity index (χ0) is 22.9. The number of aromatic nitrogens is 1. The maximum atomic E-state index is 12.4. The summed E-state index contributed by atoms with van der Waals surface area (Å²) in [5.41, 5.74) is 0.896. The summed E-state index contributed by atoms with van der Waals surface area (Å²) in [4.78, 5) is 30.8.